The Bertz CT molecular complexity index is 6780. The number of hydrogen-bond acceptors (Lipinski definition) is 2. The van der Waals surface area contributed by atoms with Gasteiger partial charge in [-0.05, 0) is 258 Å². The predicted molar refractivity (Wildman–Crippen MR) is 438 cm³/mol. The van der Waals surface area contributed by atoms with E-state index in [2.05, 4.69) is 397 Å². The molecule has 0 radical (unpaired) electrons. The van der Waals surface area contributed by atoms with Gasteiger partial charge in [0, 0.05) is 50.6 Å². The zero-order valence-corrected chi connectivity index (χ0v) is 57.2. The Morgan fingerprint density at radius 1 is 0.200 bits per heavy atom. The Kier molecular flexibility index (Phi) is 12.1. The SMILES string of the molecule is c1ccc(N(c2ccccc2)c2ccc3c4c(ccc3c2)-c2c(ccc3c(-c5ccc6c(c5)c5cc(N(c7ccccc7)c7ccc8cc9c(cc8c7)C7(c8ccccc8-c8ccccc87)c7ccc8ccccc8c7-9)ccc5n6-c5ccccc5)cccc23)C42c3ccccc3-c3ccccc32)cc1. The van der Waals surface area contributed by atoms with Crippen molar-refractivity contribution in [2.75, 3.05) is 9.80 Å². The minimum Gasteiger partial charge on any atom is -0.310 e. The van der Waals surface area contributed by atoms with E-state index in [1.807, 2.05) is 0 Å². The highest BCUT2D eigenvalue weighted by molar-refractivity contribution is 6.17. The summed E-state index contributed by atoms with van der Waals surface area (Å²) in [6.07, 6.45) is 0. The average molecular weight is 1330 g/mol. The summed E-state index contributed by atoms with van der Waals surface area (Å²) in [5.41, 5.74) is 32.5. The largest absolute Gasteiger partial charge is 0.310 e. The summed E-state index contributed by atoms with van der Waals surface area (Å²) in [6, 6.07) is 144. The zero-order valence-electron chi connectivity index (χ0n) is 57.2. The Labute approximate surface area is 608 Å². The molecule has 3 nitrogen and oxygen atoms in total. The summed E-state index contributed by atoms with van der Waals surface area (Å²) >= 11 is 0. The Balaban J connectivity index is 0.706. The molecule has 0 saturated heterocycles. The molecule has 19 aromatic rings. The molecule has 0 bridgehead atoms. The molecule has 4 aliphatic rings. The Morgan fingerprint density at radius 3 is 1.31 bits per heavy atom. The minimum absolute atomic E-state index is 0.492. The molecule has 0 N–H and O–H groups in total. The van der Waals surface area contributed by atoms with Crippen molar-refractivity contribution in [2.45, 2.75) is 10.8 Å². The number of aromatic nitrogens is 1. The number of benzene rings is 18. The van der Waals surface area contributed by atoms with Gasteiger partial charge < -0.3 is 14.4 Å². The van der Waals surface area contributed by atoms with Crippen LogP contribution in [0.1, 0.15) is 44.5 Å². The van der Waals surface area contributed by atoms with Gasteiger partial charge in [0.15, 0.2) is 0 Å². The number of nitrogens with zero attached hydrogens (tertiary/aromatic N) is 3. The molecule has 0 fully saturated rings. The molecule has 0 atom stereocenters. The second kappa shape index (κ2) is 22.0. The molecule has 486 valence electrons. The summed E-state index contributed by atoms with van der Waals surface area (Å²) in [5, 5.41) is 12.3. The minimum atomic E-state index is -0.571. The van der Waals surface area contributed by atoms with Crippen LogP contribution in [0.4, 0.5) is 34.1 Å². The van der Waals surface area contributed by atoms with Gasteiger partial charge in [0.1, 0.15) is 0 Å². The molecule has 0 saturated carbocycles. The lowest BCUT2D eigenvalue weighted by molar-refractivity contribution is 0.795. The lowest BCUT2D eigenvalue weighted by Crippen LogP contribution is -2.26. The van der Waals surface area contributed by atoms with E-state index in [4.69, 9.17) is 0 Å². The number of para-hydroxylation sites is 4. The van der Waals surface area contributed by atoms with Crippen molar-refractivity contribution in [3.63, 3.8) is 0 Å². The van der Waals surface area contributed by atoms with Gasteiger partial charge >= 0.3 is 0 Å². The molecule has 105 heavy (non-hydrogen) atoms. The van der Waals surface area contributed by atoms with Crippen molar-refractivity contribution in [3.05, 3.63) is 427 Å². The molecule has 1 aromatic heterocycles. The summed E-state index contributed by atoms with van der Waals surface area (Å²) in [5.74, 6) is 0. The van der Waals surface area contributed by atoms with Gasteiger partial charge in [-0.25, -0.2) is 0 Å². The van der Waals surface area contributed by atoms with Gasteiger partial charge in [-0.2, -0.15) is 0 Å². The lowest BCUT2D eigenvalue weighted by atomic mass is 9.69. The maximum Gasteiger partial charge on any atom is 0.0731 e. The fourth-order valence-corrected chi connectivity index (χ4v) is 19.8. The van der Waals surface area contributed by atoms with Crippen LogP contribution in [0.25, 0.3) is 126 Å². The monoisotopic (exact) mass is 1330 g/mol. The highest BCUT2D eigenvalue weighted by Gasteiger charge is 2.54. The van der Waals surface area contributed by atoms with E-state index < -0.39 is 10.8 Å². The summed E-state index contributed by atoms with van der Waals surface area (Å²) in [4.78, 5) is 4.84. The van der Waals surface area contributed by atoms with Gasteiger partial charge in [0.05, 0.1) is 21.9 Å². The second-order valence-corrected chi connectivity index (χ2v) is 28.9. The van der Waals surface area contributed by atoms with Crippen molar-refractivity contribution >= 4 is 99.0 Å². The third kappa shape index (κ3) is 7.93. The van der Waals surface area contributed by atoms with E-state index in [-0.39, 0.29) is 0 Å². The average Bonchev–Trinajstić information content (AvgIpc) is 1.50. The topological polar surface area (TPSA) is 11.4 Å². The molecular weight excluding hydrogens is 1270 g/mol. The normalized spacial score (nSPS) is 13.5. The van der Waals surface area contributed by atoms with Crippen LogP contribution in [0.2, 0.25) is 0 Å². The molecule has 18 aromatic carbocycles. The summed E-state index contributed by atoms with van der Waals surface area (Å²) in [6.45, 7) is 0. The summed E-state index contributed by atoms with van der Waals surface area (Å²) < 4.78 is 2.45. The van der Waals surface area contributed by atoms with Crippen molar-refractivity contribution in [3.8, 4) is 61.3 Å². The van der Waals surface area contributed by atoms with Crippen molar-refractivity contribution in [1.29, 1.82) is 0 Å². The molecule has 3 heteroatoms. The standard InChI is InChI=1S/C102H63N3/c1-5-25-69(26-6-1)103(70-27-7-2-8-28-70)74-49-52-78-66(58-74)45-51-85-99-84-39-23-38-76(79(84)53-55-94(99)102(100(78)85)91-42-21-17-36-82(91)83-37-18-22-43-92(83)102)67-47-56-96-86(61-67)87-63-75(50-57-97(87)105(96)72-31-11-4-12-32-72)104(71-29-9-3-10-30-71)73-48-44-65-60-88-95(62-68(65)59-73)101(93-54-46-64-24-13-14-33-77(64)98(88)93)89-40-19-15-34-80(89)81-35-16-20-41-90(81)101/h1-63H. The van der Waals surface area contributed by atoms with Crippen LogP contribution in [0.3, 0.4) is 0 Å². The third-order valence-corrected chi connectivity index (χ3v) is 23.9. The van der Waals surface area contributed by atoms with Crippen LogP contribution in [-0.4, -0.2) is 4.57 Å². The lowest BCUT2D eigenvalue weighted by Gasteiger charge is -2.32. The molecule has 0 amide bonds. The van der Waals surface area contributed by atoms with Gasteiger partial charge in [-0.1, -0.05) is 267 Å². The van der Waals surface area contributed by atoms with Crippen LogP contribution in [0.15, 0.2) is 382 Å². The van der Waals surface area contributed by atoms with Gasteiger partial charge in [0.25, 0.3) is 0 Å². The molecular formula is C102H63N3. The van der Waals surface area contributed by atoms with Crippen molar-refractivity contribution in [1.82, 2.24) is 4.57 Å². The fraction of sp³-hybridized carbons (Fsp3) is 0.0196. The zero-order chi connectivity index (χ0) is 68.6. The number of fused-ring (bicyclic) bond motifs is 30. The highest BCUT2D eigenvalue weighted by Crippen LogP contribution is 2.67. The van der Waals surface area contributed by atoms with Crippen LogP contribution in [0.5, 0.6) is 0 Å². The molecule has 4 aliphatic carbocycles. The van der Waals surface area contributed by atoms with Gasteiger partial charge in [0.2, 0.25) is 0 Å². The Hall–Kier alpha value is -13.6. The van der Waals surface area contributed by atoms with Crippen molar-refractivity contribution in [2.24, 2.45) is 0 Å². The Morgan fingerprint density at radius 2 is 0.657 bits per heavy atom. The van der Waals surface area contributed by atoms with E-state index in [0.29, 0.717) is 0 Å². The summed E-state index contributed by atoms with van der Waals surface area (Å²) in [7, 11) is 0. The first-order chi connectivity index (χ1) is 52.1. The first-order valence-corrected chi connectivity index (χ1v) is 36.6. The molecule has 23 rings (SSSR count). The highest BCUT2D eigenvalue weighted by atomic mass is 15.1. The van der Waals surface area contributed by atoms with Crippen LogP contribution in [0, 0.1) is 0 Å². The van der Waals surface area contributed by atoms with Crippen LogP contribution in [-0.2, 0) is 10.8 Å². The first-order valence-electron chi connectivity index (χ1n) is 36.6. The smallest absolute Gasteiger partial charge is 0.0731 e. The fourth-order valence-electron chi connectivity index (χ4n) is 19.8. The molecule has 0 aliphatic heterocycles. The molecule has 2 spiro atoms. The van der Waals surface area contributed by atoms with Gasteiger partial charge in [-0.15, -0.1) is 0 Å². The van der Waals surface area contributed by atoms with Crippen LogP contribution < -0.4 is 9.80 Å². The first kappa shape index (κ1) is 58.1. The number of anilines is 6. The van der Waals surface area contributed by atoms with E-state index in [9.17, 15) is 0 Å². The maximum atomic E-state index is 2.54. The second-order valence-electron chi connectivity index (χ2n) is 28.9. The van der Waals surface area contributed by atoms with Crippen LogP contribution >= 0.6 is 0 Å². The quantitative estimate of drug-likeness (QED) is 0.150. The molecule has 0 unspecified atom stereocenters. The van der Waals surface area contributed by atoms with Gasteiger partial charge in [-0.3, -0.25) is 0 Å². The number of rotatable bonds is 8. The van der Waals surface area contributed by atoms with E-state index in [1.165, 1.54) is 154 Å². The van der Waals surface area contributed by atoms with Crippen molar-refractivity contribution < 1.29 is 0 Å². The molecule has 1 heterocycles. The predicted octanol–water partition coefficient (Wildman–Crippen LogP) is 26.7. The number of hydrogen-bond donors (Lipinski definition) is 0. The third-order valence-electron chi connectivity index (χ3n) is 23.9. The maximum absolute atomic E-state index is 2.54. The van der Waals surface area contributed by atoms with E-state index >= 15 is 0 Å². The van der Waals surface area contributed by atoms with E-state index in [1.54, 1.807) is 0 Å². The van der Waals surface area contributed by atoms with E-state index in [0.717, 1.165) is 50.8 Å².